The minimum atomic E-state index is -0.665. The Morgan fingerprint density at radius 3 is 2.50 bits per heavy atom. The Balaban J connectivity index is 1.48. The fourth-order valence-corrected chi connectivity index (χ4v) is 3.49. The zero-order chi connectivity index (χ0) is 23.0. The van der Waals surface area contributed by atoms with Crippen molar-refractivity contribution in [3.63, 3.8) is 0 Å². The second-order valence-corrected chi connectivity index (χ2v) is 7.31. The molecular weight excluding hydrogens is 414 g/mol. The molecule has 0 radical (unpaired) electrons. The molecule has 10 heteroatoms. The lowest BCUT2D eigenvalue weighted by Crippen LogP contribution is -2.12. The number of hydrogen-bond acceptors (Lipinski definition) is 6. The van der Waals surface area contributed by atoms with Gasteiger partial charge < -0.3 is 15.5 Å². The van der Waals surface area contributed by atoms with E-state index in [9.17, 15) is 19.7 Å². The van der Waals surface area contributed by atoms with Gasteiger partial charge in [-0.2, -0.15) is 5.10 Å². The number of nitrogens with zero attached hydrogens (tertiary/aromatic N) is 3. The SMILES string of the molecule is Cc1nn(Cc2ccc(C(=O)Nc3ccc4oc(C(N)=O)cc4c3)cc2)c(C)c1[N+](=O)[O-]. The smallest absolute Gasteiger partial charge is 0.312 e. The van der Waals surface area contributed by atoms with Gasteiger partial charge in [-0.15, -0.1) is 0 Å². The lowest BCUT2D eigenvalue weighted by Gasteiger charge is -2.07. The van der Waals surface area contributed by atoms with Crippen LogP contribution in [0.25, 0.3) is 11.0 Å². The molecule has 0 bridgehead atoms. The van der Waals surface area contributed by atoms with Crippen LogP contribution in [-0.4, -0.2) is 26.5 Å². The fourth-order valence-electron chi connectivity index (χ4n) is 3.49. The van der Waals surface area contributed by atoms with E-state index in [-0.39, 0.29) is 17.4 Å². The number of nitro groups is 1. The molecule has 2 amide bonds. The van der Waals surface area contributed by atoms with E-state index in [0.29, 0.717) is 40.2 Å². The Kier molecular flexibility index (Phi) is 5.19. The summed E-state index contributed by atoms with van der Waals surface area (Å²) in [4.78, 5) is 34.6. The number of nitrogens with two attached hydrogens (primary N) is 1. The van der Waals surface area contributed by atoms with E-state index in [1.807, 2.05) is 0 Å². The highest BCUT2D eigenvalue weighted by molar-refractivity contribution is 6.05. The number of benzene rings is 2. The predicted octanol–water partition coefficient (Wildman–Crippen LogP) is 3.55. The van der Waals surface area contributed by atoms with Gasteiger partial charge in [0.2, 0.25) is 0 Å². The molecule has 0 aliphatic rings. The zero-order valence-corrected chi connectivity index (χ0v) is 17.3. The predicted molar refractivity (Wildman–Crippen MR) is 117 cm³/mol. The molecule has 0 saturated carbocycles. The molecule has 0 aliphatic heterocycles. The second-order valence-electron chi connectivity index (χ2n) is 7.31. The number of primary amides is 1. The third-order valence-corrected chi connectivity index (χ3v) is 5.09. The summed E-state index contributed by atoms with van der Waals surface area (Å²) in [5.41, 5.74) is 8.40. The topological polar surface area (TPSA) is 146 Å². The highest BCUT2D eigenvalue weighted by Crippen LogP contribution is 2.24. The molecule has 0 atom stereocenters. The van der Waals surface area contributed by atoms with Crippen molar-refractivity contribution in [2.24, 2.45) is 5.73 Å². The standard InChI is InChI=1S/C22H19N5O5/c1-12-20(27(30)31)13(2)26(25-12)11-14-3-5-15(6-4-14)22(29)24-17-7-8-18-16(9-17)10-19(32-18)21(23)28/h3-10H,11H2,1-2H3,(H2,23,28)(H,24,29). The Bertz CT molecular complexity index is 1370. The van der Waals surface area contributed by atoms with Gasteiger partial charge in [0.05, 0.1) is 11.5 Å². The lowest BCUT2D eigenvalue weighted by atomic mass is 10.1. The molecule has 0 saturated heterocycles. The van der Waals surface area contributed by atoms with E-state index >= 15 is 0 Å². The van der Waals surface area contributed by atoms with Gasteiger partial charge in [0.1, 0.15) is 17.0 Å². The van der Waals surface area contributed by atoms with Crippen molar-refractivity contribution in [3.05, 3.63) is 86.9 Å². The van der Waals surface area contributed by atoms with Crippen molar-refractivity contribution in [2.75, 3.05) is 5.32 Å². The summed E-state index contributed by atoms with van der Waals surface area (Å²) in [5.74, 6) is -0.926. The summed E-state index contributed by atoms with van der Waals surface area (Å²) in [7, 11) is 0. The third-order valence-electron chi connectivity index (χ3n) is 5.09. The number of rotatable bonds is 6. The molecule has 10 nitrogen and oxygen atoms in total. The highest BCUT2D eigenvalue weighted by Gasteiger charge is 2.21. The van der Waals surface area contributed by atoms with E-state index < -0.39 is 10.8 Å². The molecule has 0 spiro atoms. The van der Waals surface area contributed by atoms with E-state index in [2.05, 4.69) is 10.4 Å². The van der Waals surface area contributed by atoms with Gasteiger partial charge in [-0.05, 0) is 55.8 Å². The first-order chi connectivity index (χ1) is 15.2. The zero-order valence-electron chi connectivity index (χ0n) is 17.3. The first kappa shape index (κ1) is 20.8. The van der Waals surface area contributed by atoms with Gasteiger partial charge in [-0.3, -0.25) is 24.4 Å². The van der Waals surface area contributed by atoms with E-state index in [4.69, 9.17) is 10.2 Å². The molecule has 32 heavy (non-hydrogen) atoms. The Hall–Kier alpha value is -4.47. The van der Waals surface area contributed by atoms with Crippen LogP contribution in [0.15, 0.2) is 52.9 Å². The minimum Gasteiger partial charge on any atom is -0.451 e. The maximum Gasteiger partial charge on any atom is 0.312 e. The molecule has 4 rings (SSSR count). The van der Waals surface area contributed by atoms with Crippen molar-refractivity contribution in [2.45, 2.75) is 20.4 Å². The molecule has 0 fully saturated rings. The number of carbonyl (C=O) groups excluding carboxylic acids is 2. The number of amides is 2. The van der Waals surface area contributed by atoms with E-state index in [0.717, 1.165) is 5.56 Å². The summed E-state index contributed by atoms with van der Waals surface area (Å²) in [6, 6.07) is 13.4. The first-order valence-electron chi connectivity index (χ1n) is 9.65. The van der Waals surface area contributed by atoms with Crippen LogP contribution in [0.3, 0.4) is 0 Å². The Morgan fingerprint density at radius 1 is 1.16 bits per heavy atom. The number of fused-ring (bicyclic) bond motifs is 1. The molecule has 4 aromatic rings. The van der Waals surface area contributed by atoms with Crippen LogP contribution in [0.2, 0.25) is 0 Å². The van der Waals surface area contributed by atoms with Crippen molar-refractivity contribution >= 4 is 34.2 Å². The number of anilines is 1. The van der Waals surface area contributed by atoms with Crippen LogP contribution in [0, 0.1) is 24.0 Å². The highest BCUT2D eigenvalue weighted by atomic mass is 16.6. The quantitative estimate of drug-likeness (QED) is 0.351. The monoisotopic (exact) mass is 433 g/mol. The van der Waals surface area contributed by atoms with Crippen molar-refractivity contribution < 1.29 is 18.9 Å². The van der Waals surface area contributed by atoms with Crippen LogP contribution < -0.4 is 11.1 Å². The normalized spacial score (nSPS) is 10.9. The van der Waals surface area contributed by atoms with Crippen LogP contribution in [0.4, 0.5) is 11.4 Å². The molecule has 0 aliphatic carbocycles. The number of carbonyl (C=O) groups is 2. The van der Waals surface area contributed by atoms with Gasteiger partial charge in [-0.25, -0.2) is 0 Å². The number of furan rings is 1. The van der Waals surface area contributed by atoms with Crippen molar-refractivity contribution in [1.29, 1.82) is 0 Å². The van der Waals surface area contributed by atoms with Crippen LogP contribution in [0.5, 0.6) is 0 Å². The summed E-state index contributed by atoms with van der Waals surface area (Å²) >= 11 is 0. The molecule has 2 aromatic heterocycles. The molecule has 2 aromatic carbocycles. The fraction of sp³-hybridized carbons (Fsp3) is 0.136. The van der Waals surface area contributed by atoms with E-state index in [1.54, 1.807) is 61.0 Å². The average Bonchev–Trinajstić information content (AvgIpc) is 3.28. The average molecular weight is 433 g/mol. The largest absolute Gasteiger partial charge is 0.451 e. The number of aryl methyl sites for hydroxylation is 1. The van der Waals surface area contributed by atoms with Crippen LogP contribution in [-0.2, 0) is 6.54 Å². The summed E-state index contributed by atoms with van der Waals surface area (Å²) < 4.78 is 6.91. The maximum atomic E-state index is 12.6. The number of nitrogens with one attached hydrogen (secondary N) is 1. The number of hydrogen-bond donors (Lipinski definition) is 2. The number of aromatic nitrogens is 2. The molecule has 3 N–H and O–H groups in total. The molecular formula is C22H19N5O5. The van der Waals surface area contributed by atoms with Gasteiger partial charge in [0, 0.05) is 16.6 Å². The van der Waals surface area contributed by atoms with Gasteiger partial charge in [0.25, 0.3) is 11.8 Å². The summed E-state index contributed by atoms with van der Waals surface area (Å²) in [6.45, 7) is 3.61. The summed E-state index contributed by atoms with van der Waals surface area (Å²) in [6.07, 6.45) is 0. The van der Waals surface area contributed by atoms with Gasteiger partial charge in [-0.1, -0.05) is 12.1 Å². The lowest BCUT2D eigenvalue weighted by molar-refractivity contribution is -0.386. The molecule has 162 valence electrons. The van der Waals surface area contributed by atoms with E-state index in [1.165, 1.54) is 6.07 Å². The summed E-state index contributed by atoms with van der Waals surface area (Å²) in [5, 5.41) is 18.8. The Labute approximate surface area is 181 Å². The van der Waals surface area contributed by atoms with Crippen LogP contribution >= 0.6 is 0 Å². The van der Waals surface area contributed by atoms with Crippen molar-refractivity contribution in [1.82, 2.24) is 9.78 Å². The van der Waals surface area contributed by atoms with Gasteiger partial charge in [0.15, 0.2) is 5.76 Å². The minimum absolute atomic E-state index is 0.0125. The third kappa shape index (κ3) is 3.93. The maximum absolute atomic E-state index is 12.6. The first-order valence-corrected chi connectivity index (χ1v) is 9.65. The molecule has 0 unspecified atom stereocenters. The van der Waals surface area contributed by atoms with Gasteiger partial charge >= 0.3 is 5.69 Å². The second kappa shape index (κ2) is 7.99. The molecule has 2 heterocycles. The Morgan fingerprint density at radius 2 is 1.88 bits per heavy atom. The van der Waals surface area contributed by atoms with Crippen molar-refractivity contribution in [3.8, 4) is 0 Å². The van der Waals surface area contributed by atoms with Crippen LogP contribution in [0.1, 0.15) is 37.9 Å².